The van der Waals surface area contributed by atoms with Crippen LogP contribution in [0.2, 0.25) is 0 Å². The molecule has 1 aliphatic heterocycles. The average molecular weight is 327 g/mol. The van der Waals surface area contributed by atoms with E-state index in [4.69, 9.17) is 9.47 Å². The fourth-order valence-electron chi connectivity index (χ4n) is 3.28. The van der Waals surface area contributed by atoms with Crippen LogP contribution < -0.4 is 4.74 Å². The number of ether oxygens (including phenoxy) is 2. The van der Waals surface area contributed by atoms with Gasteiger partial charge in [-0.2, -0.15) is 0 Å². The highest BCUT2D eigenvalue weighted by Gasteiger charge is 2.36. The van der Waals surface area contributed by atoms with Crippen LogP contribution in [-0.4, -0.2) is 43.1 Å². The number of nitrogens with zero attached hydrogens (tertiary/aromatic N) is 1. The predicted octanol–water partition coefficient (Wildman–Crippen LogP) is 3.02. The van der Waals surface area contributed by atoms with Crippen LogP contribution in [0.4, 0.5) is 0 Å². The van der Waals surface area contributed by atoms with E-state index < -0.39 is 6.04 Å². The second-order valence-electron chi connectivity index (χ2n) is 5.77. The number of methoxy groups -OCH3 is 1. The third kappa shape index (κ3) is 2.82. The largest absolute Gasteiger partial charge is 0.493 e. The van der Waals surface area contributed by atoms with Crippen molar-refractivity contribution in [2.45, 2.75) is 25.8 Å². The molecule has 0 spiro atoms. The van der Waals surface area contributed by atoms with Crippen LogP contribution >= 0.6 is 0 Å². The molecule has 1 aliphatic rings. The van der Waals surface area contributed by atoms with Gasteiger partial charge in [0.1, 0.15) is 11.8 Å². The molecular weight excluding hydrogens is 306 g/mol. The summed E-state index contributed by atoms with van der Waals surface area (Å²) in [4.78, 5) is 26.8. The number of esters is 1. The topological polar surface area (TPSA) is 55.8 Å². The van der Waals surface area contributed by atoms with E-state index >= 15 is 0 Å². The second kappa shape index (κ2) is 6.91. The maximum Gasteiger partial charge on any atom is 0.328 e. The number of carbonyl (C=O) groups is 2. The highest BCUT2D eigenvalue weighted by Crippen LogP contribution is 2.32. The molecule has 0 saturated carbocycles. The summed E-state index contributed by atoms with van der Waals surface area (Å²) in [5, 5.41) is 1.81. The van der Waals surface area contributed by atoms with Crippen molar-refractivity contribution >= 4 is 22.6 Å². The van der Waals surface area contributed by atoms with Crippen LogP contribution in [0.1, 0.15) is 30.1 Å². The van der Waals surface area contributed by atoms with Gasteiger partial charge in [0.15, 0.2) is 0 Å². The lowest BCUT2D eigenvalue weighted by Gasteiger charge is -2.24. The Morgan fingerprint density at radius 2 is 2.00 bits per heavy atom. The molecule has 0 radical (unpaired) electrons. The van der Waals surface area contributed by atoms with Crippen LogP contribution in [-0.2, 0) is 9.53 Å². The SMILES string of the molecule is CCOc1ccc2ccccc2c1C(=O)N1CCC[C@H]1C(=O)OC. The molecule has 0 unspecified atom stereocenters. The minimum atomic E-state index is -0.518. The first kappa shape index (κ1) is 16.3. The van der Waals surface area contributed by atoms with Crippen LogP contribution in [0.3, 0.4) is 0 Å². The van der Waals surface area contributed by atoms with Crippen molar-refractivity contribution in [3.63, 3.8) is 0 Å². The van der Waals surface area contributed by atoms with Crippen LogP contribution in [0, 0.1) is 0 Å². The summed E-state index contributed by atoms with van der Waals surface area (Å²) in [6.45, 7) is 2.91. The van der Waals surface area contributed by atoms with Gasteiger partial charge in [0.05, 0.1) is 19.3 Å². The van der Waals surface area contributed by atoms with E-state index in [1.54, 1.807) is 4.90 Å². The van der Waals surface area contributed by atoms with Gasteiger partial charge in [-0.15, -0.1) is 0 Å². The zero-order chi connectivity index (χ0) is 17.1. The third-order valence-corrected chi connectivity index (χ3v) is 4.39. The van der Waals surface area contributed by atoms with Crippen molar-refractivity contribution in [2.75, 3.05) is 20.3 Å². The van der Waals surface area contributed by atoms with Gasteiger partial charge < -0.3 is 14.4 Å². The summed E-state index contributed by atoms with van der Waals surface area (Å²) in [6, 6.07) is 11.0. The summed E-state index contributed by atoms with van der Waals surface area (Å²) >= 11 is 0. The number of likely N-dealkylation sites (tertiary alicyclic amines) is 1. The molecule has 1 heterocycles. The molecule has 24 heavy (non-hydrogen) atoms. The molecule has 126 valence electrons. The first-order valence-corrected chi connectivity index (χ1v) is 8.20. The van der Waals surface area contributed by atoms with Gasteiger partial charge >= 0.3 is 5.97 Å². The number of rotatable bonds is 4. The number of benzene rings is 2. The van der Waals surface area contributed by atoms with Crippen molar-refractivity contribution in [1.29, 1.82) is 0 Å². The van der Waals surface area contributed by atoms with E-state index in [0.717, 1.165) is 17.2 Å². The molecule has 1 amide bonds. The number of amides is 1. The smallest absolute Gasteiger partial charge is 0.328 e. The Balaban J connectivity index is 2.08. The van der Waals surface area contributed by atoms with Crippen LogP contribution in [0.5, 0.6) is 5.75 Å². The van der Waals surface area contributed by atoms with Crippen LogP contribution in [0.15, 0.2) is 36.4 Å². The second-order valence-corrected chi connectivity index (χ2v) is 5.77. The Bertz CT molecular complexity index is 771. The number of hydrogen-bond acceptors (Lipinski definition) is 4. The molecule has 1 fully saturated rings. The van der Waals surface area contributed by atoms with Crippen molar-refractivity contribution in [2.24, 2.45) is 0 Å². The summed E-state index contributed by atoms with van der Waals surface area (Å²) in [6.07, 6.45) is 1.42. The summed E-state index contributed by atoms with van der Waals surface area (Å²) < 4.78 is 10.5. The zero-order valence-electron chi connectivity index (χ0n) is 14.0. The van der Waals surface area contributed by atoms with Crippen molar-refractivity contribution in [3.05, 3.63) is 42.0 Å². The van der Waals surface area contributed by atoms with Gasteiger partial charge in [0.25, 0.3) is 5.91 Å². The van der Waals surface area contributed by atoms with Gasteiger partial charge in [-0.1, -0.05) is 30.3 Å². The average Bonchev–Trinajstić information content (AvgIpc) is 3.10. The minimum absolute atomic E-state index is 0.178. The van der Waals surface area contributed by atoms with Crippen molar-refractivity contribution < 1.29 is 19.1 Å². The van der Waals surface area contributed by atoms with E-state index in [2.05, 4.69) is 0 Å². The Morgan fingerprint density at radius 1 is 1.21 bits per heavy atom. The van der Waals surface area contributed by atoms with E-state index in [1.165, 1.54) is 7.11 Å². The first-order valence-electron chi connectivity index (χ1n) is 8.20. The third-order valence-electron chi connectivity index (χ3n) is 4.39. The Kier molecular flexibility index (Phi) is 4.69. The van der Waals surface area contributed by atoms with Gasteiger partial charge in [-0.25, -0.2) is 4.79 Å². The summed E-state index contributed by atoms with van der Waals surface area (Å²) in [5.74, 6) is 0.0129. The molecule has 0 N–H and O–H groups in total. The van der Waals surface area contributed by atoms with Crippen molar-refractivity contribution in [3.8, 4) is 5.75 Å². The van der Waals surface area contributed by atoms with Gasteiger partial charge in [-0.05, 0) is 36.6 Å². The number of fused-ring (bicyclic) bond motifs is 1. The lowest BCUT2D eigenvalue weighted by Crippen LogP contribution is -2.41. The normalized spacial score (nSPS) is 17.1. The lowest BCUT2D eigenvalue weighted by atomic mass is 10.0. The Morgan fingerprint density at radius 3 is 2.75 bits per heavy atom. The van der Waals surface area contributed by atoms with Crippen molar-refractivity contribution in [1.82, 2.24) is 4.90 Å². The molecule has 3 rings (SSSR count). The molecule has 5 heteroatoms. The monoisotopic (exact) mass is 327 g/mol. The zero-order valence-corrected chi connectivity index (χ0v) is 14.0. The molecule has 0 aliphatic carbocycles. The predicted molar refractivity (Wildman–Crippen MR) is 91.2 cm³/mol. The summed E-state index contributed by atoms with van der Waals surface area (Å²) in [7, 11) is 1.35. The number of hydrogen-bond donors (Lipinski definition) is 0. The molecule has 5 nitrogen and oxygen atoms in total. The number of carbonyl (C=O) groups excluding carboxylic acids is 2. The van der Waals surface area contributed by atoms with Gasteiger partial charge in [-0.3, -0.25) is 4.79 Å². The molecule has 0 bridgehead atoms. The fourth-order valence-corrected chi connectivity index (χ4v) is 3.28. The molecule has 1 saturated heterocycles. The van der Waals surface area contributed by atoms with Crippen LogP contribution in [0.25, 0.3) is 10.8 Å². The van der Waals surface area contributed by atoms with Gasteiger partial charge in [0, 0.05) is 6.54 Å². The molecule has 0 aromatic heterocycles. The Labute approximate surface area is 141 Å². The maximum atomic E-state index is 13.2. The lowest BCUT2D eigenvalue weighted by molar-refractivity contribution is -0.145. The highest BCUT2D eigenvalue weighted by molar-refractivity contribution is 6.10. The van der Waals surface area contributed by atoms with E-state index in [0.29, 0.717) is 30.9 Å². The Hall–Kier alpha value is -2.56. The van der Waals surface area contributed by atoms with Gasteiger partial charge in [0.2, 0.25) is 0 Å². The van der Waals surface area contributed by atoms with E-state index in [9.17, 15) is 9.59 Å². The van der Waals surface area contributed by atoms with E-state index in [1.807, 2.05) is 43.3 Å². The maximum absolute atomic E-state index is 13.2. The molecular formula is C19H21NO4. The first-order chi connectivity index (χ1) is 11.7. The summed E-state index contributed by atoms with van der Waals surface area (Å²) in [5.41, 5.74) is 0.519. The highest BCUT2D eigenvalue weighted by atomic mass is 16.5. The quantitative estimate of drug-likeness (QED) is 0.810. The van der Waals surface area contributed by atoms with E-state index in [-0.39, 0.29) is 11.9 Å². The molecule has 2 aromatic rings. The standard InChI is InChI=1S/C19H21NO4/c1-3-24-16-11-10-13-7-4-5-8-14(13)17(16)18(21)20-12-6-9-15(20)19(22)23-2/h4-5,7-8,10-11,15H,3,6,9,12H2,1-2H3/t15-/m0/s1. The minimum Gasteiger partial charge on any atom is -0.493 e. The molecule has 1 atom stereocenters. The fraction of sp³-hybridized carbons (Fsp3) is 0.368. The molecule has 2 aromatic carbocycles.